The van der Waals surface area contributed by atoms with Crippen molar-refractivity contribution in [1.29, 1.82) is 0 Å². The summed E-state index contributed by atoms with van der Waals surface area (Å²) >= 11 is 0. The second-order valence-corrected chi connectivity index (χ2v) is 3.12. The minimum Gasteiger partial charge on any atom is -0.368 e. The van der Waals surface area contributed by atoms with Crippen LogP contribution in [-0.4, -0.2) is 20.2 Å². The molecule has 0 amide bonds. The van der Waals surface area contributed by atoms with E-state index in [-0.39, 0.29) is 6.42 Å². The van der Waals surface area contributed by atoms with Crippen LogP contribution in [0.1, 0.15) is 13.3 Å². The van der Waals surface area contributed by atoms with Crippen molar-refractivity contribution >= 4 is 13.8 Å². The molecule has 0 fully saturated rings. The highest BCUT2D eigenvalue weighted by molar-refractivity contribution is 7.48. The van der Waals surface area contributed by atoms with Crippen LogP contribution < -0.4 is 0 Å². The second kappa shape index (κ2) is 6.06. The van der Waals surface area contributed by atoms with E-state index in [1.165, 1.54) is 6.92 Å². The molecule has 78 valence electrons. The van der Waals surface area contributed by atoms with Crippen LogP contribution in [0.2, 0.25) is 0 Å². The van der Waals surface area contributed by atoms with E-state index in [4.69, 9.17) is 0 Å². The highest BCUT2D eigenvalue weighted by Gasteiger charge is 2.33. The van der Waals surface area contributed by atoms with Crippen molar-refractivity contribution in [3.8, 4) is 0 Å². The lowest BCUT2D eigenvalue weighted by Gasteiger charge is -2.11. The van der Waals surface area contributed by atoms with Crippen LogP contribution in [0.15, 0.2) is 0 Å². The molecular formula is C5H11O7P. The molecular weight excluding hydrogens is 203 g/mol. The third-order valence-corrected chi connectivity index (χ3v) is 1.92. The number of hydrogen-bond donors (Lipinski definition) is 0. The standard InChI is InChI=1S/C5H11O7P/c1-4-5(6)10-13(7,11-8-2)12-9-3/h4H2,1-3H3. The zero-order chi connectivity index (χ0) is 10.3. The van der Waals surface area contributed by atoms with Crippen molar-refractivity contribution in [2.45, 2.75) is 13.3 Å². The van der Waals surface area contributed by atoms with Crippen LogP contribution >= 0.6 is 7.82 Å². The summed E-state index contributed by atoms with van der Waals surface area (Å²) in [5, 5.41) is 0. The van der Waals surface area contributed by atoms with E-state index in [0.717, 1.165) is 14.2 Å². The third-order valence-electron chi connectivity index (χ3n) is 0.834. The van der Waals surface area contributed by atoms with Crippen molar-refractivity contribution in [3.63, 3.8) is 0 Å². The zero-order valence-electron chi connectivity index (χ0n) is 7.51. The number of hydrogen-bond acceptors (Lipinski definition) is 7. The summed E-state index contributed by atoms with van der Waals surface area (Å²) < 4.78 is 23.8. The van der Waals surface area contributed by atoms with E-state index >= 15 is 0 Å². The van der Waals surface area contributed by atoms with Gasteiger partial charge in [-0.3, -0.25) is 4.79 Å². The van der Waals surface area contributed by atoms with Crippen molar-refractivity contribution < 1.29 is 33.0 Å². The molecule has 0 saturated heterocycles. The normalized spacial score (nSPS) is 11.3. The Morgan fingerprint density at radius 1 is 1.23 bits per heavy atom. The number of carbonyl (C=O) groups excluding carboxylic acids is 1. The predicted molar refractivity (Wildman–Crippen MR) is 40.2 cm³/mol. The summed E-state index contributed by atoms with van der Waals surface area (Å²) in [5.74, 6) is -0.752. The molecule has 0 aliphatic carbocycles. The molecule has 0 radical (unpaired) electrons. The summed E-state index contributed by atoms with van der Waals surface area (Å²) in [6, 6.07) is 0. The summed E-state index contributed by atoms with van der Waals surface area (Å²) in [6.07, 6.45) is 0.0319. The van der Waals surface area contributed by atoms with E-state index in [2.05, 4.69) is 23.6 Å². The van der Waals surface area contributed by atoms with Crippen LogP contribution in [0.5, 0.6) is 0 Å². The van der Waals surface area contributed by atoms with Gasteiger partial charge in [0.05, 0.1) is 14.2 Å². The molecule has 7 nitrogen and oxygen atoms in total. The Morgan fingerprint density at radius 2 is 1.69 bits per heavy atom. The van der Waals surface area contributed by atoms with Crippen LogP contribution in [0.4, 0.5) is 0 Å². The van der Waals surface area contributed by atoms with Gasteiger partial charge in [0.1, 0.15) is 0 Å². The van der Waals surface area contributed by atoms with Crippen molar-refractivity contribution in [2.24, 2.45) is 0 Å². The molecule has 0 unspecified atom stereocenters. The lowest BCUT2D eigenvalue weighted by atomic mass is 10.5. The van der Waals surface area contributed by atoms with E-state index in [1.807, 2.05) is 0 Å². The maximum absolute atomic E-state index is 11.2. The minimum absolute atomic E-state index is 0.0319. The molecule has 0 rings (SSSR count). The fraction of sp³-hybridized carbons (Fsp3) is 0.800. The molecule has 0 atom stereocenters. The highest BCUT2D eigenvalue weighted by atomic mass is 31.2. The first-order valence-corrected chi connectivity index (χ1v) is 4.81. The Hall–Kier alpha value is -0.460. The predicted octanol–water partition coefficient (Wildman–Crippen LogP) is 1.20. The number of phosphoric acid groups is 1. The molecule has 0 aliphatic rings. The van der Waals surface area contributed by atoms with Gasteiger partial charge in [-0.15, -0.1) is 9.35 Å². The van der Waals surface area contributed by atoms with Gasteiger partial charge in [-0.2, -0.15) is 0 Å². The molecule has 0 aromatic rings. The smallest absolute Gasteiger partial charge is 0.368 e. The van der Waals surface area contributed by atoms with Gasteiger partial charge in [0.15, 0.2) is 0 Å². The fourth-order valence-corrected chi connectivity index (χ4v) is 1.24. The Labute approximate surface area is 75.3 Å². The Kier molecular flexibility index (Phi) is 5.85. The van der Waals surface area contributed by atoms with Gasteiger partial charge in [-0.1, -0.05) is 6.92 Å². The van der Waals surface area contributed by atoms with Gasteiger partial charge < -0.3 is 4.52 Å². The molecule has 0 saturated carbocycles. The molecule has 0 aliphatic heterocycles. The topological polar surface area (TPSA) is 80.3 Å². The third kappa shape index (κ3) is 4.97. The van der Waals surface area contributed by atoms with Gasteiger partial charge >= 0.3 is 13.8 Å². The largest absolute Gasteiger partial charge is 0.587 e. The quantitative estimate of drug-likeness (QED) is 0.373. The van der Waals surface area contributed by atoms with Gasteiger partial charge in [-0.25, -0.2) is 14.3 Å². The molecule has 0 aromatic carbocycles. The van der Waals surface area contributed by atoms with Crippen molar-refractivity contribution in [1.82, 2.24) is 0 Å². The molecule has 0 spiro atoms. The van der Waals surface area contributed by atoms with Crippen molar-refractivity contribution in [3.05, 3.63) is 0 Å². The average molecular weight is 214 g/mol. The first-order valence-electron chi connectivity index (χ1n) is 3.35. The summed E-state index contributed by atoms with van der Waals surface area (Å²) in [6.45, 7) is 1.52. The van der Waals surface area contributed by atoms with Crippen LogP contribution in [0, 0.1) is 0 Å². The van der Waals surface area contributed by atoms with E-state index < -0.39 is 13.8 Å². The van der Waals surface area contributed by atoms with Gasteiger partial charge in [0, 0.05) is 6.42 Å². The van der Waals surface area contributed by atoms with Gasteiger partial charge in [0.25, 0.3) is 0 Å². The monoisotopic (exact) mass is 214 g/mol. The first kappa shape index (κ1) is 12.5. The maximum Gasteiger partial charge on any atom is 0.587 e. The SMILES string of the molecule is CCC(=O)OP(=O)(OOC)OOC. The Morgan fingerprint density at radius 3 is 2.00 bits per heavy atom. The maximum atomic E-state index is 11.2. The van der Waals surface area contributed by atoms with Gasteiger partial charge in [0.2, 0.25) is 0 Å². The lowest BCUT2D eigenvalue weighted by Crippen LogP contribution is -2.05. The Bertz CT molecular complexity index is 193. The molecule has 0 aromatic heterocycles. The zero-order valence-corrected chi connectivity index (χ0v) is 8.41. The molecule has 13 heavy (non-hydrogen) atoms. The second-order valence-electron chi connectivity index (χ2n) is 1.75. The molecule has 8 heteroatoms. The van der Waals surface area contributed by atoms with Gasteiger partial charge in [-0.05, 0) is 0 Å². The fourth-order valence-electron chi connectivity index (χ4n) is 0.415. The highest BCUT2D eigenvalue weighted by Crippen LogP contribution is 2.49. The Balaban J connectivity index is 4.23. The minimum atomic E-state index is -4.09. The lowest BCUT2D eigenvalue weighted by molar-refractivity contribution is -0.257. The number of rotatable bonds is 6. The molecule has 0 bridgehead atoms. The van der Waals surface area contributed by atoms with E-state index in [0.29, 0.717) is 0 Å². The van der Waals surface area contributed by atoms with Crippen LogP contribution in [0.3, 0.4) is 0 Å². The summed E-state index contributed by atoms with van der Waals surface area (Å²) in [4.78, 5) is 18.8. The van der Waals surface area contributed by atoms with E-state index in [1.54, 1.807) is 0 Å². The summed E-state index contributed by atoms with van der Waals surface area (Å²) in [7, 11) is -1.91. The van der Waals surface area contributed by atoms with Crippen LogP contribution in [-0.2, 0) is 33.0 Å². The number of carbonyl (C=O) groups is 1. The molecule has 0 heterocycles. The van der Waals surface area contributed by atoms with E-state index in [9.17, 15) is 9.36 Å². The summed E-state index contributed by atoms with van der Waals surface area (Å²) in [5.41, 5.74) is 0. The first-order chi connectivity index (χ1) is 6.08. The molecule has 0 N–H and O–H groups in total. The average Bonchev–Trinajstić information content (AvgIpc) is 2.04. The van der Waals surface area contributed by atoms with Crippen LogP contribution in [0.25, 0.3) is 0 Å². The van der Waals surface area contributed by atoms with Crippen molar-refractivity contribution in [2.75, 3.05) is 14.2 Å².